The summed E-state index contributed by atoms with van der Waals surface area (Å²) in [4.78, 5) is 18.9. The number of benzene rings is 1. The van der Waals surface area contributed by atoms with Crippen molar-refractivity contribution in [3.63, 3.8) is 0 Å². The molecule has 0 aliphatic carbocycles. The Hall–Kier alpha value is -2.98. The molecule has 0 bridgehead atoms. The van der Waals surface area contributed by atoms with Gasteiger partial charge in [-0.05, 0) is 30.8 Å². The van der Waals surface area contributed by atoms with Crippen molar-refractivity contribution in [3.8, 4) is 11.5 Å². The number of rotatable bonds is 4. The Bertz CT molecular complexity index is 998. The molecule has 2 aromatic heterocycles. The van der Waals surface area contributed by atoms with Gasteiger partial charge in [0.2, 0.25) is 17.1 Å². The van der Waals surface area contributed by atoms with Crippen LogP contribution in [0.1, 0.15) is 11.6 Å². The molecule has 0 N–H and O–H groups in total. The van der Waals surface area contributed by atoms with E-state index >= 15 is 0 Å². The maximum Gasteiger partial charge on any atom is 0.269 e. The number of non-ortho nitro benzene ring substituents is 1. The Morgan fingerprint density at radius 3 is 2.70 bits per heavy atom. The van der Waals surface area contributed by atoms with E-state index in [4.69, 9.17) is 16.0 Å². The van der Waals surface area contributed by atoms with Gasteiger partial charge in [-0.1, -0.05) is 0 Å². The number of imidazole rings is 1. The Labute approximate surface area is 159 Å². The van der Waals surface area contributed by atoms with E-state index in [1.165, 1.54) is 12.1 Å². The summed E-state index contributed by atoms with van der Waals surface area (Å²) in [6.45, 7) is 1.77. The predicted molar refractivity (Wildman–Crippen MR) is 97.5 cm³/mol. The first-order valence-electron chi connectivity index (χ1n) is 8.14. The zero-order valence-electron chi connectivity index (χ0n) is 14.7. The van der Waals surface area contributed by atoms with Gasteiger partial charge in [-0.15, -0.1) is 10.2 Å². The smallest absolute Gasteiger partial charge is 0.269 e. The number of fused-ring (bicyclic) bond motifs is 1. The van der Waals surface area contributed by atoms with Gasteiger partial charge < -0.3 is 13.9 Å². The minimum absolute atomic E-state index is 0.00329. The summed E-state index contributed by atoms with van der Waals surface area (Å²) in [5.74, 6) is 1.51. The average Bonchev–Trinajstić information content (AvgIpc) is 3.22. The molecular weight excluding hydrogens is 374 g/mol. The first-order valence-corrected chi connectivity index (χ1v) is 8.52. The molecule has 27 heavy (non-hydrogen) atoms. The Morgan fingerprint density at radius 1 is 1.26 bits per heavy atom. The van der Waals surface area contributed by atoms with Gasteiger partial charge in [0.05, 0.1) is 17.3 Å². The fraction of sp³-hybridized carbons (Fsp3) is 0.312. The van der Waals surface area contributed by atoms with Crippen LogP contribution < -0.4 is 4.90 Å². The molecule has 1 aliphatic heterocycles. The number of aromatic nitrogens is 4. The van der Waals surface area contributed by atoms with E-state index in [1.807, 2.05) is 23.6 Å². The number of nitro benzene ring substituents is 1. The highest BCUT2D eigenvalue weighted by Gasteiger charge is 2.26. The van der Waals surface area contributed by atoms with Gasteiger partial charge in [0, 0.05) is 31.3 Å². The molecule has 3 aromatic rings. The zero-order valence-corrected chi connectivity index (χ0v) is 15.4. The van der Waals surface area contributed by atoms with Crippen molar-refractivity contribution >= 4 is 23.1 Å². The van der Waals surface area contributed by atoms with Crippen molar-refractivity contribution in [2.24, 2.45) is 0 Å². The summed E-state index contributed by atoms with van der Waals surface area (Å²) in [6, 6.07) is 5.94. The molecule has 11 heteroatoms. The van der Waals surface area contributed by atoms with E-state index in [0.29, 0.717) is 35.7 Å². The van der Waals surface area contributed by atoms with Gasteiger partial charge in [0.15, 0.2) is 5.82 Å². The molecule has 0 saturated carbocycles. The highest BCUT2D eigenvalue weighted by molar-refractivity contribution is 6.28. The summed E-state index contributed by atoms with van der Waals surface area (Å²) in [6.07, 6.45) is 0. The van der Waals surface area contributed by atoms with Crippen LogP contribution in [0.25, 0.3) is 11.5 Å². The molecule has 0 spiro atoms. The second-order valence-corrected chi connectivity index (χ2v) is 6.73. The largest absolute Gasteiger partial charge is 0.419 e. The van der Waals surface area contributed by atoms with Crippen molar-refractivity contribution in [2.75, 3.05) is 25.7 Å². The van der Waals surface area contributed by atoms with Gasteiger partial charge in [-0.3, -0.25) is 15.0 Å². The molecule has 0 atom stereocenters. The van der Waals surface area contributed by atoms with Crippen LogP contribution in [0.2, 0.25) is 5.28 Å². The third-order valence-corrected chi connectivity index (χ3v) is 4.61. The summed E-state index contributed by atoms with van der Waals surface area (Å²) in [5.41, 5.74) is 1.59. The van der Waals surface area contributed by atoms with Gasteiger partial charge in [0.25, 0.3) is 5.69 Å². The lowest BCUT2D eigenvalue weighted by Crippen LogP contribution is -2.38. The lowest BCUT2D eigenvalue weighted by atomic mass is 10.2. The monoisotopic (exact) mass is 389 g/mol. The molecule has 1 aliphatic rings. The average molecular weight is 390 g/mol. The van der Waals surface area contributed by atoms with E-state index in [9.17, 15) is 10.1 Å². The van der Waals surface area contributed by atoms with Crippen molar-refractivity contribution in [2.45, 2.75) is 13.1 Å². The third kappa shape index (κ3) is 3.24. The van der Waals surface area contributed by atoms with Crippen LogP contribution in [-0.2, 0) is 13.1 Å². The van der Waals surface area contributed by atoms with Gasteiger partial charge in [-0.25, -0.2) is 4.98 Å². The van der Waals surface area contributed by atoms with Crippen molar-refractivity contribution in [3.05, 3.63) is 51.2 Å². The number of nitro groups is 1. The number of anilines is 1. The first kappa shape index (κ1) is 17.4. The maximum absolute atomic E-state index is 10.8. The molecule has 10 nitrogen and oxygen atoms in total. The van der Waals surface area contributed by atoms with Gasteiger partial charge in [0.1, 0.15) is 6.54 Å². The molecule has 0 saturated heterocycles. The van der Waals surface area contributed by atoms with E-state index < -0.39 is 4.92 Å². The van der Waals surface area contributed by atoms with Crippen molar-refractivity contribution < 1.29 is 9.34 Å². The second-order valence-electron chi connectivity index (χ2n) is 6.40. The fourth-order valence-corrected chi connectivity index (χ4v) is 3.34. The van der Waals surface area contributed by atoms with Crippen LogP contribution in [0.15, 0.2) is 28.7 Å². The topological polar surface area (TPSA) is 106 Å². The molecular formula is C16H16ClN7O3. The van der Waals surface area contributed by atoms with E-state index in [0.717, 1.165) is 18.2 Å². The predicted octanol–water partition coefficient (Wildman–Crippen LogP) is 2.38. The number of hydrogen-bond donors (Lipinski definition) is 0. The molecule has 0 unspecified atom stereocenters. The molecule has 3 heterocycles. The summed E-state index contributed by atoms with van der Waals surface area (Å²) < 4.78 is 7.56. The third-order valence-electron chi connectivity index (χ3n) is 4.32. The molecule has 140 valence electrons. The van der Waals surface area contributed by atoms with Crippen LogP contribution in [0.4, 0.5) is 11.5 Å². The molecule has 0 fully saturated rings. The standard InChI is InChI=1S/C16H16ClN7O3/c1-21-7-12-14(22(2)9-21)18-16(17)23(12)8-13-19-20-15(27-13)10-3-5-11(6-4-10)24(25)26/h3-6H,7-9H2,1-2H3. The summed E-state index contributed by atoms with van der Waals surface area (Å²) >= 11 is 6.32. The van der Waals surface area contributed by atoms with E-state index in [2.05, 4.69) is 20.1 Å². The van der Waals surface area contributed by atoms with Gasteiger partial charge in [-0.2, -0.15) is 0 Å². The fourth-order valence-electron chi connectivity index (χ4n) is 3.10. The molecule has 4 rings (SSSR count). The zero-order chi connectivity index (χ0) is 19.1. The summed E-state index contributed by atoms with van der Waals surface area (Å²) in [7, 11) is 3.98. The Morgan fingerprint density at radius 2 is 2.00 bits per heavy atom. The van der Waals surface area contributed by atoms with Crippen molar-refractivity contribution in [1.29, 1.82) is 0 Å². The van der Waals surface area contributed by atoms with Crippen LogP contribution in [0, 0.1) is 10.1 Å². The maximum atomic E-state index is 10.8. The summed E-state index contributed by atoms with van der Waals surface area (Å²) in [5, 5.41) is 19.2. The van der Waals surface area contributed by atoms with Crippen LogP contribution >= 0.6 is 11.6 Å². The Balaban J connectivity index is 1.59. The van der Waals surface area contributed by atoms with E-state index in [1.54, 1.807) is 12.1 Å². The number of hydrogen-bond acceptors (Lipinski definition) is 8. The Kier molecular flexibility index (Phi) is 4.28. The van der Waals surface area contributed by atoms with Crippen molar-refractivity contribution in [1.82, 2.24) is 24.6 Å². The molecule has 0 radical (unpaired) electrons. The highest BCUT2D eigenvalue weighted by Crippen LogP contribution is 2.29. The second kappa shape index (κ2) is 6.63. The van der Waals surface area contributed by atoms with Gasteiger partial charge >= 0.3 is 0 Å². The minimum atomic E-state index is -0.457. The lowest BCUT2D eigenvalue weighted by Gasteiger charge is -2.31. The van der Waals surface area contributed by atoms with Crippen LogP contribution in [0.5, 0.6) is 0 Å². The molecule has 0 amide bonds. The SMILES string of the molecule is CN1Cc2c(nc(Cl)n2Cc2nnc(-c3ccc([N+](=O)[O-])cc3)o2)N(C)C1. The van der Waals surface area contributed by atoms with Crippen LogP contribution in [-0.4, -0.2) is 50.3 Å². The lowest BCUT2D eigenvalue weighted by molar-refractivity contribution is -0.384. The minimum Gasteiger partial charge on any atom is -0.419 e. The molecule has 1 aromatic carbocycles. The number of nitrogens with zero attached hydrogens (tertiary/aromatic N) is 7. The van der Waals surface area contributed by atoms with E-state index in [-0.39, 0.29) is 5.69 Å². The quantitative estimate of drug-likeness (QED) is 0.494. The van der Waals surface area contributed by atoms with Crippen LogP contribution in [0.3, 0.4) is 0 Å². The highest BCUT2D eigenvalue weighted by atomic mass is 35.5. The first-order chi connectivity index (χ1) is 12.9. The number of halogens is 1. The normalized spacial score (nSPS) is 14.4.